The lowest BCUT2D eigenvalue weighted by Gasteiger charge is -2.07. The van der Waals surface area contributed by atoms with Crippen molar-refractivity contribution in [3.63, 3.8) is 0 Å². The van der Waals surface area contributed by atoms with Crippen LogP contribution >= 0.6 is 39.1 Å². The van der Waals surface area contributed by atoms with Crippen molar-refractivity contribution in [2.45, 2.75) is 0 Å². The summed E-state index contributed by atoms with van der Waals surface area (Å²) in [4.78, 5) is 0. The normalized spacial score (nSPS) is 10.3. The van der Waals surface area contributed by atoms with E-state index in [0.29, 0.717) is 21.2 Å². The lowest BCUT2D eigenvalue weighted by atomic mass is 10.1. The van der Waals surface area contributed by atoms with E-state index in [1.807, 2.05) is 0 Å². The quantitative estimate of drug-likeness (QED) is 0.792. The largest absolute Gasteiger partial charge is 0.267 e. The zero-order valence-electron chi connectivity index (χ0n) is 8.71. The molecule has 1 heterocycles. The lowest BCUT2D eigenvalue weighted by Crippen LogP contribution is -1.96. The fraction of sp³-hybridized carbons (Fsp3) is 0.0909. The van der Waals surface area contributed by atoms with E-state index >= 15 is 0 Å². The fourth-order valence-electron chi connectivity index (χ4n) is 1.55. The second kappa shape index (κ2) is 4.69. The van der Waals surface area contributed by atoms with Crippen molar-refractivity contribution < 1.29 is 0 Å². The first kappa shape index (κ1) is 12.4. The van der Waals surface area contributed by atoms with Crippen LogP contribution in [0.4, 0.5) is 0 Å². The summed E-state index contributed by atoms with van der Waals surface area (Å²) >= 11 is 15.3. The standard InChI is InChI=1S/C11H6BrCl2N3/c1-17-11(8(12)5-16-17)7-3-10(14)9(13)2-6(7)4-15/h2-3,5H,1H3. The summed E-state index contributed by atoms with van der Waals surface area (Å²) in [5, 5.41) is 14.0. The van der Waals surface area contributed by atoms with E-state index in [0.717, 1.165) is 10.2 Å². The molecule has 2 rings (SSSR count). The summed E-state index contributed by atoms with van der Waals surface area (Å²) < 4.78 is 2.47. The lowest BCUT2D eigenvalue weighted by molar-refractivity contribution is 0.775. The van der Waals surface area contributed by atoms with Crippen LogP contribution in [0.2, 0.25) is 10.0 Å². The molecule has 0 amide bonds. The van der Waals surface area contributed by atoms with Crippen LogP contribution in [0.15, 0.2) is 22.8 Å². The van der Waals surface area contributed by atoms with Crippen LogP contribution in [0.5, 0.6) is 0 Å². The third-order valence-corrected chi connectivity index (χ3v) is 3.63. The molecule has 0 aliphatic rings. The van der Waals surface area contributed by atoms with Crippen LogP contribution in [0.3, 0.4) is 0 Å². The van der Waals surface area contributed by atoms with Crippen molar-refractivity contribution >= 4 is 39.1 Å². The molecular weight excluding hydrogens is 325 g/mol. The van der Waals surface area contributed by atoms with Crippen molar-refractivity contribution in [3.8, 4) is 17.3 Å². The third kappa shape index (κ3) is 2.19. The number of aromatic nitrogens is 2. The molecule has 0 unspecified atom stereocenters. The Kier molecular flexibility index (Phi) is 3.43. The van der Waals surface area contributed by atoms with Gasteiger partial charge < -0.3 is 0 Å². The van der Waals surface area contributed by atoms with E-state index in [4.69, 9.17) is 28.5 Å². The first-order chi connectivity index (χ1) is 8.04. The van der Waals surface area contributed by atoms with Crippen LogP contribution < -0.4 is 0 Å². The SMILES string of the molecule is Cn1ncc(Br)c1-c1cc(Cl)c(Cl)cc1C#N. The second-order valence-electron chi connectivity index (χ2n) is 3.39. The fourth-order valence-corrected chi connectivity index (χ4v) is 2.44. The minimum absolute atomic E-state index is 0.366. The number of halogens is 3. The predicted octanol–water partition coefficient (Wildman–Crippen LogP) is 4.03. The van der Waals surface area contributed by atoms with Gasteiger partial charge in [0.2, 0.25) is 0 Å². The van der Waals surface area contributed by atoms with Crippen molar-refractivity contribution in [1.82, 2.24) is 9.78 Å². The summed E-state index contributed by atoms with van der Waals surface area (Å²) in [7, 11) is 1.80. The number of rotatable bonds is 1. The maximum atomic E-state index is 9.12. The Labute approximate surface area is 117 Å². The van der Waals surface area contributed by atoms with E-state index in [1.165, 1.54) is 0 Å². The number of hydrogen-bond donors (Lipinski definition) is 0. The molecule has 17 heavy (non-hydrogen) atoms. The molecule has 0 radical (unpaired) electrons. The summed E-state index contributed by atoms with van der Waals surface area (Å²) in [6.45, 7) is 0. The molecule has 1 aromatic carbocycles. The van der Waals surface area contributed by atoms with E-state index in [9.17, 15) is 0 Å². The van der Waals surface area contributed by atoms with E-state index in [1.54, 1.807) is 30.1 Å². The second-order valence-corrected chi connectivity index (χ2v) is 5.06. The Morgan fingerprint density at radius 3 is 2.53 bits per heavy atom. The molecule has 0 N–H and O–H groups in total. The Morgan fingerprint density at radius 2 is 2.00 bits per heavy atom. The average molecular weight is 331 g/mol. The molecule has 0 saturated heterocycles. The van der Waals surface area contributed by atoms with Gasteiger partial charge in [-0.15, -0.1) is 0 Å². The Bertz CT molecular complexity index is 609. The topological polar surface area (TPSA) is 41.6 Å². The van der Waals surface area contributed by atoms with Gasteiger partial charge in [0.25, 0.3) is 0 Å². The van der Waals surface area contributed by atoms with Gasteiger partial charge in [0.1, 0.15) is 0 Å². The Hall–Kier alpha value is -1.02. The van der Waals surface area contributed by atoms with Crippen LogP contribution in [-0.4, -0.2) is 9.78 Å². The Balaban J connectivity index is 2.76. The zero-order valence-corrected chi connectivity index (χ0v) is 11.8. The molecule has 0 bridgehead atoms. The van der Waals surface area contributed by atoms with Crippen LogP contribution in [0.25, 0.3) is 11.3 Å². The van der Waals surface area contributed by atoms with Gasteiger partial charge in [0.15, 0.2) is 0 Å². The van der Waals surface area contributed by atoms with Crippen molar-refractivity contribution in [3.05, 3.63) is 38.4 Å². The maximum absolute atomic E-state index is 9.12. The molecular formula is C11H6BrCl2N3. The van der Waals surface area contributed by atoms with Crippen molar-refractivity contribution in [2.75, 3.05) is 0 Å². The van der Waals surface area contributed by atoms with Gasteiger partial charge in [-0.1, -0.05) is 23.2 Å². The minimum Gasteiger partial charge on any atom is -0.267 e. The highest BCUT2D eigenvalue weighted by Crippen LogP contribution is 2.35. The van der Waals surface area contributed by atoms with E-state index in [-0.39, 0.29) is 0 Å². The molecule has 0 saturated carbocycles. The number of nitriles is 1. The molecule has 6 heteroatoms. The van der Waals surface area contributed by atoms with Gasteiger partial charge in [-0.3, -0.25) is 4.68 Å². The van der Waals surface area contributed by atoms with Gasteiger partial charge in [0.05, 0.1) is 38.0 Å². The molecule has 2 aromatic rings. The molecule has 0 spiro atoms. The van der Waals surface area contributed by atoms with Crippen LogP contribution in [0.1, 0.15) is 5.56 Å². The molecule has 1 aromatic heterocycles. The molecule has 0 atom stereocenters. The molecule has 0 fully saturated rings. The summed E-state index contributed by atoms with van der Waals surface area (Å²) in [5.74, 6) is 0. The highest BCUT2D eigenvalue weighted by atomic mass is 79.9. The van der Waals surface area contributed by atoms with E-state index in [2.05, 4.69) is 27.1 Å². The first-order valence-corrected chi connectivity index (χ1v) is 6.16. The van der Waals surface area contributed by atoms with Crippen molar-refractivity contribution in [1.29, 1.82) is 5.26 Å². The first-order valence-electron chi connectivity index (χ1n) is 4.61. The minimum atomic E-state index is 0.366. The van der Waals surface area contributed by atoms with Gasteiger partial charge in [-0.2, -0.15) is 10.4 Å². The third-order valence-electron chi connectivity index (χ3n) is 2.33. The molecule has 0 aliphatic carbocycles. The molecule has 3 nitrogen and oxygen atoms in total. The van der Waals surface area contributed by atoms with Crippen LogP contribution in [-0.2, 0) is 7.05 Å². The monoisotopic (exact) mass is 329 g/mol. The zero-order chi connectivity index (χ0) is 12.6. The van der Waals surface area contributed by atoms with E-state index < -0.39 is 0 Å². The van der Waals surface area contributed by atoms with Crippen LogP contribution in [0, 0.1) is 11.3 Å². The summed E-state index contributed by atoms with van der Waals surface area (Å²) in [6.07, 6.45) is 1.67. The Morgan fingerprint density at radius 1 is 1.35 bits per heavy atom. The van der Waals surface area contributed by atoms with Crippen molar-refractivity contribution in [2.24, 2.45) is 7.05 Å². The summed E-state index contributed by atoms with van der Waals surface area (Å²) in [5.41, 5.74) is 1.96. The van der Waals surface area contributed by atoms with Gasteiger partial charge in [-0.25, -0.2) is 0 Å². The van der Waals surface area contributed by atoms with Gasteiger partial charge in [-0.05, 0) is 28.1 Å². The maximum Gasteiger partial charge on any atom is 0.0999 e. The molecule has 0 aliphatic heterocycles. The molecule has 86 valence electrons. The highest BCUT2D eigenvalue weighted by Gasteiger charge is 2.15. The number of aryl methyl sites for hydroxylation is 1. The number of benzene rings is 1. The highest BCUT2D eigenvalue weighted by molar-refractivity contribution is 9.10. The van der Waals surface area contributed by atoms with Gasteiger partial charge in [0, 0.05) is 12.6 Å². The number of hydrogen-bond acceptors (Lipinski definition) is 2. The summed E-state index contributed by atoms with van der Waals surface area (Å²) in [6, 6.07) is 5.33. The van der Waals surface area contributed by atoms with Gasteiger partial charge >= 0.3 is 0 Å². The number of nitrogens with zero attached hydrogens (tertiary/aromatic N) is 3. The predicted molar refractivity (Wildman–Crippen MR) is 71.1 cm³/mol. The smallest absolute Gasteiger partial charge is 0.0999 e. The average Bonchev–Trinajstić information content (AvgIpc) is 2.62.